The summed E-state index contributed by atoms with van der Waals surface area (Å²) in [4.78, 5) is 18.5. The third-order valence-corrected chi connectivity index (χ3v) is 4.48. The number of hydrogen-bond donors (Lipinski definition) is 0. The molecule has 3 rings (SSSR count). The molecule has 1 aliphatic rings. The SMILES string of the molecule is CC[C@H](C)c1cc(C(=O)N2CC[C@H](OCc3ccccn3)C2)on1. The summed E-state index contributed by atoms with van der Waals surface area (Å²) in [5, 5.41) is 4.01. The average Bonchev–Trinajstić information content (AvgIpc) is 3.29. The lowest BCUT2D eigenvalue weighted by Crippen LogP contribution is -2.29. The van der Waals surface area contributed by atoms with E-state index in [9.17, 15) is 4.79 Å². The van der Waals surface area contributed by atoms with Crippen LogP contribution in [-0.4, -0.2) is 40.1 Å². The highest BCUT2D eigenvalue weighted by Crippen LogP contribution is 2.21. The summed E-state index contributed by atoms with van der Waals surface area (Å²) in [6.07, 6.45) is 3.58. The standard InChI is InChI=1S/C18H23N3O3/c1-3-13(2)16-10-17(24-20-16)18(22)21-9-7-15(11-21)23-12-14-6-4-5-8-19-14/h4-6,8,10,13,15H,3,7,9,11-12H2,1-2H3/t13-,15-/m0/s1. The highest BCUT2D eigenvalue weighted by molar-refractivity contribution is 5.91. The molecule has 2 aromatic heterocycles. The Labute approximate surface area is 141 Å². The fourth-order valence-electron chi connectivity index (χ4n) is 2.72. The summed E-state index contributed by atoms with van der Waals surface area (Å²) in [5.74, 6) is 0.500. The van der Waals surface area contributed by atoms with Gasteiger partial charge < -0.3 is 14.2 Å². The molecule has 1 saturated heterocycles. The number of likely N-dealkylation sites (tertiary alicyclic amines) is 1. The molecule has 128 valence electrons. The number of rotatable bonds is 6. The van der Waals surface area contributed by atoms with Crippen molar-refractivity contribution in [3.05, 3.63) is 47.6 Å². The third-order valence-electron chi connectivity index (χ3n) is 4.48. The molecule has 0 unspecified atom stereocenters. The van der Waals surface area contributed by atoms with Crippen molar-refractivity contribution in [3.63, 3.8) is 0 Å². The Morgan fingerprint density at radius 3 is 3.12 bits per heavy atom. The molecule has 0 aromatic carbocycles. The molecule has 2 atom stereocenters. The molecule has 1 fully saturated rings. The number of nitrogens with zero attached hydrogens (tertiary/aromatic N) is 3. The molecule has 1 aliphatic heterocycles. The minimum absolute atomic E-state index is 0.0351. The van der Waals surface area contributed by atoms with Gasteiger partial charge in [0.2, 0.25) is 5.76 Å². The van der Waals surface area contributed by atoms with Crippen LogP contribution in [0.4, 0.5) is 0 Å². The van der Waals surface area contributed by atoms with E-state index in [0.717, 1.165) is 24.2 Å². The van der Waals surface area contributed by atoms with Crippen LogP contribution in [0, 0.1) is 0 Å². The maximum Gasteiger partial charge on any atom is 0.292 e. The second-order valence-electron chi connectivity index (χ2n) is 6.22. The van der Waals surface area contributed by atoms with E-state index in [1.807, 2.05) is 18.2 Å². The van der Waals surface area contributed by atoms with Crippen LogP contribution in [0.5, 0.6) is 0 Å². The number of carbonyl (C=O) groups is 1. The Balaban J connectivity index is 1.53. The second-order valence-corrected chi connectivity index (χ2v) is 6.22. The molecule has 1 amide bonds. The van der Waals surface area contributed by atoms with Gasteiger partial charge in [-0.15, -0.1) is 0 Å². The molecule has 0 aliphatic carbocycles. The van der Waals surface area contributed by atoms with E-state index in [0.29, 0.717) is 31.4 Å². The van der Waals surface area contributed by atoms with Crippen molar-refractivity contribution >= 4 is 5.91 Å². The van der Waals surface area contributed by atoms with E-state index < -0.39 is 0 Å². The molecule has 24 heavy (non-hydrogen) atoms. The van der Waals surface area contributed by atoms with Crippen molar-refractivity contribution in [1.82, 2.24) is 15.0 Å². The summed E-state index contributed by atoms with van der Waals surface area (Å²) >= 11 is 0. The van der Waals surface area contributed by atoms with Gasteiger partial charge in [-0.25, -0.2) is 0 Å². The first-order chi connectivity index (χ1) is 11.7. The smallest absolute Gasteiger partial charge is 0.292 e. The monoisotopic (exact) mass is 329 g/mol. The number of aromatic nitrogens is 2. The molecule has 2 aromatic rings. The van der Waals surface area contributed by atoms with Gasteiger partial charge in [-0.1, -0.05) is 25.1 Å². The minimum atomic E-state index is -0.110. The lowest BCUT2D eigenvalue weighted by atomic mass is 10.1. The molecule has 0 N–H and O–H groups in total. The third kappa shape index (κ3) is 3.82. The summed E-state index contributed by atoms with van der Waals surface area (Å²) in [6, 6.07) is 7.51. The van der Waals surface area contributed by atoms with Gasteiger partial charge in [0.05, 0.1) is 24.1 Å². The highest BCUT2D eigenvalue weighted by atomic mass is 16.5. The Kier molecular flexibility index (Phi) is 5.25. The Hall–Kier alpha value is -2.21. The Bertz CT molecular complexity index is 671. The predicted molar refractivity (Wildman–Crippen MR) is 88.5 cm³/mol. The zero-order chi connectivity index (χ0) is 16.9. The maximum atomic E-state index is 12.5. The fraction of sp³-hybridized carbons (Fsp3) is 0.500. The van der Waals surface area contributed by atoms with E-state index in [2.05, 4.69) is 24.0 Å². The van der Waals surface area contributed by atoms with Crippen LogP contribution in [0.1, 0.15) is 54.5 Å². The quantitative estimate of drug-likeness (QED) is 0.815. The largest absolute Gasteiger partial charge is 0.370 e. The van der Waals surface area contributed by atoms with Gasteiger partial charge in [-0.3, -0.25) is 9.78 Å². The molecular weight excluding hydrogens is 306 g/mol. The van der Waals surface area contributed by atoms with E-state index in [4.69, 9.17) is 9.26 Å². The number of pyridine rings is 1. The van der Waals surface area contributed by atoms with Crippen molar-refractivity contribution in [2.75, 3.05) is 13.1 Å². The van der Waals surface area contributed by atoms with Crippen LogP contribution >= 0.6 is 0 Å². The van der Waals surface area contributed by atoms with E-state index in [1.165, 1.54) is 0 Å². The van der Waals surface area contributed by atoms with E-state index >= 15 is 0 Å². The lowest BCUT2D eigenvalue weighted by Gasteiger charge is -2.15. The van der Waals surface area contributed by atoms with E-state index in [1.54, 1.807) is 17.2 Å². The molecule has 0 spiro atoms. The first-order valence-corrected chi connectivity index (χ1v) is 8.44. The van der Waals surface area contributed by atoms with Gasteiger partial charge in [0, 0.05) is 31.3 Å². The van der Waals surface area contributed by atoms with Gasteiger partial charge >= 0.3 is 0 Å². The van der Waals surface area contributed by atoms with E-state index in [-0.39, 0.29) is 12.0 Å². The lowest BCUT2D eigenvalue weighted by molar-refractivity contribution is 0.0413. The Morgan fingerprint density at radius 2 is 2.38 bits per heavy atom. The highest BCUT2D eigenvalue weighted by Gasteiger charge is 2.30. The summed E-state index contributed by atoms with van der Waals surface area (Å²) in [7, 11) is 0. The molecule has 6 heteroatoms. The molecule has 0 bridgehead atoms. The number of ether oxygens (including phenoxy) is 1. The van der Waals surface area contributed by atoms with Gasteiger partial charge in [-0.05, 0) is 25.0 Å². The van der Waals surface area contributed by atoms with Crippen LogP contribution in [-0.2, 0) is 11.3 Å². The Morgan fingerprint density at radius 1 is 1.50 bits per heavy atom. The van der Waals surface area contributed by atoms with Gasteiger partial charge in [-0.2, -0.15) is 0 Å². The fourth-order valence-corrected chi connectivity index (χ4v) is 2.72. The molecular formula is C18H23N3O3. The van der Waals surface area contributed by atoms with Crippen molar-refractivity contribution < 1.29 is 14.1 Å². The van der Waals surface area contributed by atoms with Crippen LogP contribution in [0.2, 0.25) is 0 Å². The summed E-state index contributed by atoms with van der Waals surface area (Å²) < 4.78 is 11.1. The van der Waals surface area contributed by atoms with Crippen LogP contribution in [0.15, 0.2) is 35.0 Å². The molecule has 0 saturated carbocycles. The summed E-state index contributed by atoms with van der Waals surface area (Å²) in [6.45, 7) is 5.87. The van der Waals surface area contributed by atoms with Crippen molar-refractivity contribution in [2.24, 2.45) is 0 Å². The van der Waals surface area contributed by atoms with Crippen molar-refractivity contribution in [3.8, 4) is 0 Å². The van der Waals surface area contributed by atoms with Crippen LogP contribution < -0.4 is 0 Å². The first-order valence-electron chi connectivity index (χ1n) is 8.44. The van der Waals surface area contributed by atoms with Gasteiger partial charge in [0.1, 0.15) is 0 Å². The van der Waals surface area contributed by atoms with Gasteiger partial charge in [0.15, 0.2) is 0 Å². The summed E-state index contributed by atoms with van der Waals surface area (Å²) in [5.41, 5.74) is 1.73. The van der Waals surface area contributed by atoms with Crippen LogP contribution in [0.3, 0.4) is 0 Å². The van der Waals surface area contributed by atoms with Gasteiger partial charge in [0.25, 0.3) is 5.91 Å². The zero-order valence-electron chi connectivity index (χ0n) is 14.1. The van der Waals surface area contributed by atoms with Crippen molar-refractivity contribution in [1.29, 1.82) is 0 Å². The number of hydrogen-bond acceptors (Lipinski definition) is 5. The average molecular weight is 329 g/mol. The molecule has 3 heterocycles. The second kappa shape index (κ2) is 7.57. The first kappa shape index (κ1) is 16.6. The maximum absolute atomic E-state index is 12.5. The van der Waals surface area contributed by atoms with Crippen molar-refractivity contribution in [2.45, 2.75) is 45.3 Å². The molecule has 6 nitrogen and oxygen atoms in total. The molecule has 0 radical (unpaired) electrons. The predicted octanol–water partition coefficient (Wildman–Crippen LogP) is 3.01. The number of carbonyl (C=O) groups excluding carboxylic acids is 1. The zero-order valence-corrected chi connectivity index (χ0v) is 14.1. The topological polar surface area (TPSA) is 68.5 Å². The van der Waals surface area contributed by atoms with Crippen LogP contribution in [0.25, 0.3) is 0 Å². The normalized spacial score (nSPS) is 18.8. The minimum Gasteiger partial charge on any atom is -0.370 e. The number of amides is 1.